The van der Waals surface area contributed by atoms with Gasteiger partial charge in [0.2, 0.25) is 11.8 Å². The van der Waals surface area contributed by atoms with E-state index < -0.39 is 23.8 Å². The molecule has 2 amide bonds. The molecule has 1 fully saturated rings. The van der Waals surface area contributed by atoms with Gasteiger partial charge < -0.3 is 20.2 Å². The number of hydrogen-bond donors (Lipinski definition) is 2. The van der Waals surface area contributed by atoms with Crippen LogP contribution in [-0.2, 0) is 14.4 Å². The smallest absolute Gasteiger partial charge is 0.330 e. The van der Waals surface area contributed by atoms with Gasteiger partial charge in [-0.25, -0.2) is 4.79 Å². The van der Waals surface area contributed by atoms with E-state index in [1.54, 1.807) is 35.2 Å². The van der Waals surface area contributed by atoms with Gasteiger partial charge in [0.05, 0.1) is 5.92 Å². The Hall–Kier alpha value is -2.41. The van der Waals surface area contributed by atoms with E-state index in [9.17, 15) is 19.5 Å². The van der Waals surface area contributed by atoms with Crippen LogP contribution in [0.4, 0.5) is 0 Å². The second-order valence-electron chi connectivity index (χ2n) is 6.23. The zero-order chi connectivity index (χ0) is 17.7. The van der Waals surface area contributed by atoms with Gasteiger partial charge in [-0.1, -0.05) is 30.3 Å². The molecule has 0 bridgehead atoms. The zero-order valence-electron chi connectivity index (χ0n) is 13.9. The summed E-state index contributed by atoms with van der Waals surface area (Å²) in [4.78, 5) is 39.5. The van der Waals surface area contributed by atoms with Crippen molar-refractivity contribution in [1.82, 2.24) is 15.1 Å². The second kappa shape index (κ2) is 7.92. The molecule has 1 aromatic rings. The Bertz CT molecular complexity index is 603. The van der Waals surface area contributed by atoms with Crippen LogP contribution in [0.3, 0.4) is 0 Å². The van der Waals surface area contributed by atoms with Gasteiger partial charge >= 0.3 is 5.97 Å². The fourth-order valence-electron chi connectivity index (χ4n) is 2.68. The number of amides is 2. The Labute approximate surface area is 141 Å². The maximum atomic E-state index is 12.4. The third-order valence-electron chi connectivity index (χ3n) is 4.07. The molecule has 0 radical (unpaired) electrons. The summed E-state index contributed by atoms with van der Waals surface area (Å²) in [5, 5.41) is 11.9. The van der Waals surface area contributed by atoms with Gasteiger partial charge in [-0.05, 0) is 19.7 Å². The second-order valence-corrected chi connectivity index (χ2v) is 6.23. The standard InChI is InChI=1S/C17H23N3O4/c1-19(2)8-9-20-11-13(10-14(20)21)16(22)18-15(17(23)24)12-6-4-3-5-7-12/h3-7,13,15H,8-11H2,1-2H3,(H,18,22)(H,23,24)/t13-,15+/m1/s1. The summed E-state index contributed by atoms with van der Waals surface area (Å²) < 4.78 is 0. The largest absolute Gasteiger partial charge is 0.479 e. The molecule has 2 N–H and O–H groups in total. The summed E-state index contributed by atoms with van der Waals surface area (Å²) in [7, 11) is 3.84. The van der Waals surface area contributed by atoms with Gasteiger partial charge in [-0.2, -0.15) is 0 Å². The van der Waals surface area contributed by atoms with Crippen LogP contribution in [0.25, 0.3) is 0 Å². The zero-order valence-corrected chi connectivity index (χ0v) is 13.9. The lowest BCUT2D eigenvalue weighted by Gasteiger charge is -2.20. The molecule has 1 saturated heterocycles. The van der Waals surface area contributed by atoms with Crippen LogP contribution in [-0.4, -0.2) is 66.4 Å². The SMILES string of the molecule is CN(C)CCN1C[C@H](C(=O)N[C@H](C(=O)O)c2ccccc2)CC1=O. The molecule has 1 aromatic carbocycles. The average Bonchev–Trinajstić information content (AvgIpc) is 2.92. The van der Waals surface area contributed by atoms with Crippen molar-refractivity contribution >= 4 is 17.8 Å². The summed E-state index contributed by atoms with van der Waals surface area (Å²) >= 11 is 0. The van der Waals surface area contributed by atoms with Crippen molar-refractivity contribution in [3.05, 3.63) is 35.9 Å². The molecule has 0 unspecified atom stereocenters. The number of carboxylic acids is 1. The minimum absolute atomic E-state index is 0.0661. The van der Waals surface area contributed by atoms with E-state index >= 15 is 0 Å². The fraction of sp³-hybridized carbons (Fsp3) is 0.471. The van der Waals surface area contributed by atoms with E-state index in [4.69, 9.17) is 0 Å². The first kappa shape index (κ1) is 17.9. The summed E-state index contributed by atoms with van der Waals surface area (Å²) in [6.07, 6.45) is 0.125. The molecule has 2 rings (SSSR count). The minimum atomic E-state index is -1.12. The van der Waals surface area contributed by atoms with Crippen LogP contribution in [0.5, 0.6) is 0 Å². The molecule has 7 nitrogen and oxygen atoms in total. The van der Waals surface area contributed by atoms with Gasteiger partial charge in [-0.15, -0.1) is 0 Å². The maximum absolute atomic E-state index is 12.4. The Morgan fingerprint density at radius 3 is 2.58 bits per heavy atom. The molecule has 130 valence electrons. The van der Waals surface area contributed by atoms with Crippen LogP contribution in [0, 0.1) is 5.92 Å². The molecule has 0 saturated carbocycles. The van der Waals surface area contributed by atoms with Crippen LogP contribution >= 0.6 is 0 Å². The van der Waals surface area contributed by atoms with Crippen molar-refractivity contribution in [3.8, 4) is 0 Å². The van der Waals surface area contributed by atoms with Gasteiger partial charge in [0, 0.05) is 26.1 Å². The monoisotopic (exact) mass is 333 g/mol. The first-order valence-corrected chi connectivity index (χ1v) is 7.89. The van der Waals surface area contributed by atoms with Crippen LogP contribution < -0.4 is 5.32 Å². The number of carboxylic acid groups (broad SMARTS) is 1. The molecule has 2 atom stereocenters. The Morgan fingerprint density at radius 1 is 1.33 bits per heavy atom. The number of carbonyl (C=O) groups excluding carboxylic acids is 2. The van der Waals surface area contributed by atoms with Gasteiger partial charge in [0.1, 0.15) is 0 Å². The molecule has 7 heteroatoms. The van der Waals surface area contributed by atoms with Crippen LogP contribution in [0.15, 0.2) is 30.3 Å². The Morgan fingerprint density at radius 2 is 2.00 bits per heavy atom. The van der Waals surface area contributed by atoms with E-state index in [1.807, 2.05) is 19.0 Å². The number of carbonyl (C=O) groups is 3. The Kier molecular flexibility index (Phi) is 5.92. The predicted octanol–water partition coefficient (Wildman–Crippen LogP) is 0.339. The molecule has 1 aliphatic rings. The van der Waals surface area contributed by atoms with Crippen molar-refractivity contribution in [3.63, 3.8) is 0 Å². The normalized spacial score (nSPS) is 18.7. The minimum Gasteiger partial charge on any atom is -0.479 e. The molecular formula is C17H23N3O4. The van der Waals surface area contributed by atoms with E-state index in [1.165, 1.54) is 0 Å². The van der Waals surface area contributed by atoms with Crippen molar-refractivity contribution in [1.29, 1.82) is 0 Å². The molecule has 0 spiro atoms. The van der Waals surface area contributed by atoms with Crippen molar-refractivity contribution in [2.24, 2.45) is 5.92 Å². The number of aliphatic carboxylic acids is 1. The van der Waals surface area contributed by atoms with E-state index in [0.717, 1.165) is 6.54 Å². The first-order valence-electron chi connectivity index (χ1n) is 7.89. The number of nitrogens with one attached hydrogen (secondary N) is 1. The van der Waals surface area contributed by atoms with Crippen molar-refractivity contribution in [2.45, 2.75) is 12.5 Å². The molecular weight excluding hydrogens is 310 g/mol. The van der Waals surface area contributed by atoms with E-state index in [0.29, 0.717) is 18.7 Å². The summed E-state index contributed by atoms with van der Waals surface area (Å²) in [6, 6.07) is 7.43. The summed E-state index contributed by atoms with van der Waals surface area (Å²) in [6.45, 7) is 1.62. The lowest BCUT2D eigenvalue weighted by molar-refractivity contribution is -0.142. The lowest BCUT2D eigenvalue weighted by atomic mass is 10.0. The summed E-state index contributed by atoms with van der Waals surface area (Å²) in [5.41, 5.74) is 0.507. The van der Waals surface area contributed by atoms with E-state index in [2.05, 4.69) is 5.32 Å². The highest BCUT2D eigenvalue weighted by Crippen LogP contribution is 2.20. The molecule has 1 aliphatic heterocycles. The number of hydrogen-bond acceptors (Lipinski definition) is 4. The number of rotatable bonds is 7. The van der Waals surface area contributed by atoms with Gasteiger partial charge in [-0.3, -0.25) is 9.59 Å². The maximum Gasteiger partial charge on any atom is 0.330 e. The number of likely N-dealkylation sites (N-methyl/N-ethyl adjacent to an activating group) is 1. The highest BCUT2D eigenvalue weighted by Gasteiger charge is 2.35. The predicted molar refractivity (Wildman–Crippen MR) is 88.2 cm³/mol. The lowest BCUT2D eigenvalue weighted by Crippen LogP contribution is -2.39. The highest BCUT2D eigenvalue weighted by atomic mass is 16.4. The molecule has 24 heavy (non-hydrogen) atoms. The van der Waals surface area contributed by atoms with Crippen molar-refractivity contribution in [2.75, 3.05) is 33.7 Å². The molecule has 1 heterocycles. The third-order valence-corrected chi connectivity index (χ3v) is 4.07. The van der Waals surface area contributed by atoms with E-state index in [-0.39, 0.29) is 12.3 Å². The summed E-state index contributed by atoms with van der Waals surface area (Å²) in [5.74, 6) is -2.09. The fourth-order valence-corrected chi connectivity index (χ4v) is 2.68. The number of nitrogens with zero attached hydrogens (tertiary/aromatic N) is 2. The Balaban J connectivity index is 1.98. The van der Waals surface area contributed by atoms with Gasteiger partial charge in [0.25, 0.3) is 0 Å². The van der Waals surface area contributed by atoms with Crippen LogP contribution in [0.1, 0.15) is 18.0 Å². The quantitative estimate of drug-likeness (QED) is 0.751. The number of benzene rings is 1. The van der Waals surface area contributed by atoms with Crippen molar-refractivity contribution < 1.29 is 19.5 Å². The average molecular weight is 333 g/mol. The number of likely N-dealkylation sites (tertiary alicyclic amines) is 1. The molecule has 0 aromatic heterocycles. The molecule has 0 aliphatic carbocycles. The van der Waals surface area contributed by atoms with Gasteiger partial charge in [0.15, 0.2) is 6.04 Å². The first-order chi connectivity index (χ1) is 11.4. The highest BCUT2D eigenvalue weighted by molar-refractivity contribution is 5.91. The van der Waals surface area contributed by atoms with Crippen LogP contribution in [0.2, 0.25) is 0 Å². The third kappa shape index (κ3) is 4.55. The topological polar surface area (TPSA) is 89.9 Å².